The van der Waals surface area contributed by atoms with Crippen molar-refractivity contribution in [2.75, 3.05) is 0 Å². The van der Waals surface area contributed by atoms with Crippen LogP contribution in [0.3, 0.4) is 0 Å². The average Bonchev–Trinajstić information content (AvgIpc) is 2.77. The van der Waals surface area contributed by atoms with Crippen LogP contribution in [0.4, 0.5) is 0 Å². The van der Waals surface area contributed by atoms with Gasteiger partial charge in [-0.2, -0.15) is 5.10 Å². The van der Waals surface area contributed by atoms with Crippen molar-refractivity contribution in [2.45, 2.75) is 33.0 Å². The van der Waals surface area contributed by atoms with Gasteiger partial charge in [0.05, 0.1) is 12.2 Å². The third-order valence-corrected chi connectivity index (χ3v) is 3.46. The van der Waals surface area contributed by atoms with E-state index in [-0.39, 0.29) is 0 Å². The number of benzene rings is 1. The molecule has 2 aromatic rings. The summed E-state index contributed by atoms with van der Waals surface area (Å²) in [5.41, 5.74) is 2.51. The van der Waals surface area contributed by atoms with Gasteiger partial charge in [-0.3, -0.25) is 4.68 Å². The molecule has 96 valence electrons. The highest BCUT2D eigenvalue weighted by molar-refractivity contribution is 14.1. The molecule has 0 saturated carbocycles. The van der Waals surface area contributed by atoms with Gasteiger partial charge < -0.3 is 5.32 Å². The van der Waals surface area contributed by atoms with Gasteiger partial charge >= 0.3 is 0 Å². The molecule has 1 aromatic heterocycles. The normalized spacial score (nSPS) is 11.1. The van der Waals surface area contributed by atoms with Crippen LogP contribution in [0.25, 0.3) is 0 Å². The number of nitrogens with one attached hydrogen (secondary N) is 1. The maximum absolute atomic E-state index is 4.39. The van der Waals surface area contributed by atoms with Crippen LogP contribution in [0, 0.1) is 3.57 Å². The fraction of sp³-hybridized carbons (Fsp3) is 0.357. The summed E-state index contributed by atoms with van der Waals surface area (Å²) >= 11 is 2.32. The Hall–Kier alpha value is -0.880. The molecular weight excluding hydrogens is 337 g/mol. The second kappa shape index (κ2) is 6.33. The van der Waals surface area contributed by atoms with E-state index in [0.29, 0.717) is 6.04 Å². The topological polar surface area (TPSA) is 29.9 Å². The van der Waals surface area contributed by atoms with Gasteiger partial charge in [0.2, 0.25) is 0 Å². The number of nitrogens with zero attached hydrogens (tertiary/aromatic N) is 2. The summed E-state index contributed by atoms with van der Waals surface area (Å²) < 4.78 is 3.32. The van der Waals surface area contributed by atoms with Crippen molar-refractivity contribution in [2.24, 2.45) is 0 Å². The summed E-state index contributed by atoms with van der Waals surface area (Å²) in [6.45, 7) is 6.00. The SMILES string of the molecule is CC(C)NCc1ccnn1Cc1ccc(I)cc1. The Morgan fingerprint density at radius 3 is 2.61 bits per heavy atom. The maximum atomic E-state index is 4.39. The first kappa shape index (κ1) is 13.5. The second-order valence-corrected chi connectivity index (χ2v) is 5.89. The first-order chi connectivity index (χ1) is 8.65. The van der Waals surface area contributed by atoms with E-state index in [1.165, 1.54) is 14.8 Å². The lowest BCUT2D eigenvalue weighted by atomic mass is 10.2. The Balaban J connectivity index is 2.05. The minimum absolute atomic E-state index is 0.492. The molecule has 3 nitrogen and oxygen atoms in total. The first-order valence-electron chi connectivity index (χ1n) is 6.13. The summed E-state index contributed by atoms with van der Waals surface area (Å²) in [6.07, 6.45) is 1.87. The fourth-order valence-electron chi connectivity index (χ4n) is 1.72. The van der Waals surface area contributed by atoms with E-state index in [2.05, 4.69) is 81.9 Å². The zero-order chi connectivity index (χ0) is 13.0. The zero-order valence-electron chi connectivity index (χ0n) is 10.7. The smallest absolute Gasteiger partial charge is 0.0663 e. The summed E-state index contributed by atoms with van der Waals surface area (Å²) in [4.78, 5) is 0. The fourth-order valence-corrected chi connectivity index (χ4v) is 2.08. The van der Waals surface area contributed by atoms with Crippen molar-refractivity contribution in [3.05, 3.63) is 51.4 Å². The molecule has 0 atom stereocenters. The summed E-state index contributed by atoms with van der Waals surface area (Å²) in [5, 5.41) is 7.81. The second-order valence-electron chi connectivity index (χ2n) is 4.64. The standard InChI is InChI=1S/C14H18IN3/c1-11(2)16-9-14-7-8-17-18(14)10-12-3-5-13(15)6-4-12/h3-8,11,16H,9-10H2,1-2H3. The molecule has 0 spiro atoms. The molecule has 0 aliphatic rings. The lowest BCUT2D eigenvalue weighted by molar-refractivity contribution is 0.547. The van der Waals surface area contributed by atoms with Crippen LogP contribution in [0.1, 0.15) is 25.1 Å². The molecule has 1 N–H and O–H groups in total. The molecule has 0 aliphatic carbocycles. The molecule has 0 aliphatic heterocycles. The molecule has 4 heteroatoms. The van der Waals surface area contributed by atoms with E-state index < -0.39 is 0 Å². The number of aromatic nitrogens is 2. The quantitative estimate of drug-likeness (QED) is 0.836. The largest absolute Gasteiger partial charge is 0.309 e. The third-order valence-electron chi connectivity index (χ3n) is 2.74. The maximum Gasteiger partial charge on any atom is 0.0663 e. The summed E-state index contributed by atoms with van der Waals surface area (Å²) in [6, 6.07) is 11.1. The molecule has 2 rings (SSSR count). The van der Waals surface area contributed by atoms with Gasteiger partial charge in [0.25, 0.3) is 0 Å². The Labute approximate surface area is 122 Å². The summed E-state index contributed by atoms with van der Waals surface area (Å²) in [7, 11) is 0. The minimum atomic E-state index is 0.492. The van der Waals surface area contributed by atoms with Gasteiger partial charge in [0, 0.05) is 22.4 Å². The third kappa shape index (κ3) is 3.81. The van der Waals surface area contributed by atoms with E-state index in [1.807, 2.05) is 6.20 Å². The molecule has 18 heavy (non-hydrogen) atoms. The van der Waals surface area contributed by atoms with Gasteiger partial charge in [0.1, 0.15) is 0 Å². The first-order valence-corrected chi connectivity index (χ1v) is 7.21. The number of halogens is 1. The van der Waals surface area contributed by atoms with Crippen LogP contribution in [0.5, 0.6) is 0 Å². The number of rotatable bonds is 5. The average molecular weight is 355 g/mol. The zero-order valence-corrected chi connectivity index (χ0v) is 12.9. The van der Waals surface area contributed by atoms with Gasteiger partial charge in [-0.25, -0.2) is 0 Å². The summed E-state index contributed by atoms with van der Waals surface area (Å²) in [5.74, 6) is 0. The highest BCUT2D eigenvalue weighted by Crippen LogP contribution is 2.09. The minimum Gasteiger partial charge on any atom is -0.309 e. The van der Waals surface area contributed by atoms with E-state index in [1.54, 1.807) is 0 Å². The van der Waals surface area contributed by atoms with Crippen LogP contribution in [-0.2, 0) is 13.1 Å². The van der Waals surface area contributed by atoms with Gasteiger partial charge in [0.15, 0.2) is 0 Å². The number of hydrogen-bond acceptors (Lipinski definition) is 2. The van der Waals surface area contributed by atoms with E-state index in [0.717, 1.165) is 13.1 Å². The van der Waals surface area contributed by atoms with Gasteiger partial charge in [-0.05, 0) is 46.4 Å². The molecule has 1 heterocycles. The highest BCUT2D eigenvalue weighted by Gasteiger charge is 2.04. The van der Waals surface area contributed by atoms with E-state index in [9.17, 15) is 0 Å². The monoisotopic (exact) mass is 355 g/mol. The van der Waals surface area contributed by atoms with Crippen molar-refractivity contribution in [1.82, 2.24) is 15.1 Å². The Morgan fingerprint density at radius 1 is 1.22 bits per heavy atom. The Morgan fingerprint density at radius 2 is 1.94 bits per heavy atom. The molecule has 0 amide bonds. The molecule has 0 bridgehead atoms. The van der Waals surface area contributed by atoms with Crippen molar-refractivity contribution >= 4 is 22.6 Å². The predicted molar refractivity (Wildman–Crippen MR) is 82.5 cm³/mol. The van der Waals surface area contributed by atoms with Crippen LogP contribution in [0.15, 0.2) is 36.5 Å². The molecule has 0 fully saturated rings. The lowest BCUT2D eigenvalue weighted by Gasteiger charge is -2.11. The van der Waals surface area contributed by atoms with Crippen LogP contribution < -0.4 is 5.32 Å². The predicted octanol–water partition coefficient (Wildman–Crippen LogP) is 3.03. The molecule has 0 saturated heterocycles. The van der Waals surface area contributed by atoms with Gasteiger partial charge in [-0.1, -0.05) is 26.0 Å². The van der Waals surface area contributed by atoms with Crippen LogP contribution in [0.2, 0.25) is 0 Å². The Kier molecular flexibility index (Phi) is 4.77. The van der Waals surface area contributed by atoms with Gasteiger partial charge in [-0.15, -0.1) is 0 Å². The lowest BCUT2D eigenvalue weighted by Crippen LogP contribution is -2.23. The number of hydrogen-bond donors (Lipinski definition) is 1. The Bertz CT molecular complexity index is 488. The molecule has 0 radical (unpaired) electrons. The van der Waals surface area contributed by atoms with E-state index >= 15 is 0 Å². The van der Waals surface area contributed by atoms with Crippen LogP contribution in [-0.4, -0.2) is 15.8 Å². The van der Waals surface area contributed by atoms with Crippen LogP contribution >= 0.6 is 22.6 Å². The van der Waals surface area contributed by atoms with Crippen molar-refractivity contribution < 1.29 is 0 Å². The van der Waals surface area contributed by atoms with E-state index in [4.69, 9.17) is 0 Å². The highest BCUT2D eigenvalue weighted by atomic mass is 127. The van der Waals surface area contributed by atoms with Crippen molar-refractivity contribution in [3.8, 4) is 0 Å². The van der Waals surface area contributed by atoms with Crippen molar-refractivity contribution in [3.63, 3.8) is 0 Å². The van der Waals surface area contributed by atoms with Crippen molar-refractivity contribution in [1.29, 1.82) is 0 Å². The molecule has 0 unspecified atom stereocenters. The molecular formula is C14H18IN3. The molecule has 1 aromatic carbocycles.